The van der Waals surface area contributed by atoms with Gasteiger partial charge in [-0.2, -0.15) is 0 Å². The Labute approximate surface area is 233 Å². The van der Waals surface area contributed by atoms with Gasteiger partial charge in [0.1, 0.15) is 12.6 Å². The molecule has 3 aromatic rings. The third-order valence-corrected chi connectivity index (χ3v) is 9.11. The molecule has 0 bridgehead atoms. The number of hydrogen-bond acceptors (Lipinski definition) is 4. The highest BCUT2D eigenvalue weighted by Crippen LogP contribution is 2.26. The minimum atomic E-state index is -4.06. The van der Waals surface area contributed by atoms with Crippen LogP contribution in [0.2, 0.25) is 0 Å². The molecule has 7 nitrogen and oxygen atoms in total. The second kappa shape index (κ2) is 12.6. The Bertz CT molecular complexity index is 1330. The highest BCUT2D eigenvalue weighted by molar-refractivity contribution is 9.10. The van der Waals surface area contributed by atoms with Crippen LogP contribution in [-0.4, -0.2) is 43.8 Å². The Balaban J connectivity index is 1.65. The molecule has 4 rings (SSSR count). The average Bonchev–Trinajstić information content (AvgIpc) is 3.44. The average molecular weight is 599 g/mol. The van der Waals surface area contributed by atoms with E-state index in [-0.39, 0.29) is 23.4 Å². The lowest BCUT2D eigenvalue weighted by atomic mass is 10.1. The van der Waals surface area contributed by atoms with Crippen LogP contribution in [0.1, 0.15) is 38.2 Å². The molecule has 1 fully saturated rings. The van der Waals surface area contributed by atoms with Crippen LogP contribution < -0.4 is 9.62 Å². The van der Waals surface area contributed by atoms with Crippen LogP contribution in [0, 0.1) is 0 Å². The number of carbonyl (C=O) groups excluding carboxylic acids is 2. The van der Waals surface area contributed by atoms with E-state index in [0.717, 1.165) is 40.0 Å². The number of rotatable bonds is 10. The van der Waals surface area contributed by atoms with Crippen molar-refractivity contribution in [3.8, 4) is 0 Å². The van der Waals surface area contributed by atoms with Gasteiger partial charge in [0.25, 0.3) is 10.0 Å². The Morgan fingerprint density at radius 2 is 1.50 bits per heavy atom. The van der Waals surface area contributed by atoms with Gasteiger partial charge in [0.15, 0.2) is 0 Å². The molecule has 3 aromatic carbocycles. The molecule has 1 saturated carbocycles. The minimum Gasteiger partial charge on any atom is -0.352 e. The van der Waals surface area contributed by atoms with E-state index in [1.54, 1.807) is 49.4 Å². The molecule has 0 spiro atoms. The lowest BCUT2D eigenvalue weighted by molar-refractivity contribution is -0.139. The molecular weight excluding hydrogens is 566 g/mol. The quantitative estimate of drug-likeness (QED) is 0.351. The van der Waals surface area contributed by atoms with Crippen molar-refractivity contribution in [2.75, 3.05) is 10.8 Å². The molecule has 0 radical (unpaired) electrons. The molecule has 1 N–H and O–H groups in total. The number of amides is 2. The van der Waals surface area contributed by atoms with Crippen LogP contribution in [0.4, 0.5) is 5.69 Å². The maximum absolute atomic E-state index is 13.9. The summed E-state index contributed by atoms with van der Waals surface area (Å²) in [5, 5.41) is 3.08. The zero-order valence-corrected chi connectivity index (χ0v) is 23.7. The number of carbonyl (C=O) groups is 2. The van der Waals surface area contributed by atoms with Crippen molar-refractivity contribution in [2.45, 2.75) is 56.1 Å². The van der Waals surface area contributed by atoms with Crippen LogP contribution in [0.25, 0.3) is 0 Å². The Hall–Kier alpha value is -3.17. The van der Waals surface area contributed by atoms with Gasteiger partial charge >= 0.3 is 0 Å². The van der Waals surface area contributed by atoms with E-state index in [4.69, 9.17) is 0 Å². The molecule has 2 amide bonds. The third-order valence-electron chi connectivity index (χ3n) is 6.79. The van der Waals surface area contributed by atoms with E-state index in [1.807, 2.05) is 30.3 Å². The van der Waals surface area contributed by atoms with E-state index < -0.39 is 28.5 Å². The molecule has 38 heavy (non-hydrogen) atoms. The van der Waals surface area contributed by atoms with Crippen LogP contribution in [0.5, 0.6) is 0 Å². The van der Waals surface area contributed by atoms with Crippen LogP contribution in [-0.2, 0) is 26.2 Å². The normalized spacial score (nSPS) is 14.6. The Morgan fingerprint density at radius 1 is 0.921 bits per heavy atom. The van der Waals surface area contributed by atoms with Crippen molar-refractivity contribution in [3.05, 3.63) is 95.0 Å². The molecule has 1 aliphatic rings. The summed E-state index contributed by atoms with van der Waals surface area (Å²) in [4.78, 5) is 28.6. The number of sulfonamides is 1. The van der Waals surface area contributed by atoms with Crippen LogP contribution >= 0.6 is 15.9 Å². The summed E-state index contributed by atoms with van der Waals surface area (Å²) in [5.74, 6) is -0.701. The van der Waals surface area contributed by atoms with Crippen molar-refractivity contribution in [1.82, 2.24) is 10.2 Å². The number of halogens is 1. The smallest absolute Gasteiger partial charge is 0.264 e. The van der Waals surface area contributed by atoms with Gasteiger partial charge in [0.2, 0.25) is 11.8 Å². The molecule has 0 saturated heterocycles. The predicted octanol–water partition coefficient (Wildman–Crippen LogP) is 5.12. The first-order chi connectivity index (χ1) is 18.3. The first kappa shape index (κ1) is 27.9. The molecule has 200 valence electrons. The lowest BCUT2D eigenvalue weighted by Gasteiger charge is -2.32. The number of nitrogens with one attached hydrogen (secondary N) is 1. The standard InChI is InChI=1S/C29H32BrN3O4S/c1-22(29(35)31-25-12-8-9-13-25)32(20-23-10-4-2-5-11-23)28(34)21-33(26-18-16-24(30)17-19-26)38(36,37)27-14-6-3-7-15-27/h2-7,10-11,14-19,22,25H,8-9,12-13,20-21H2,1H3,(H,31,35)/t22-/m1/s1. The molecule has 1 aliphatic carbocycles. The number of hydrogen-bond donors (Lipinski definition) is 1. The van der Waals surface area contributed by atoms with Crippen molar-refractivity contribution < 1.29 is 18.0 Å². The lowest BCUT2D eigenvalue weighted by Crippen LogP contribution is -2.52. The number of anilines is 1. The summed E-state index contributed by atoms with van der Waals surface area (Å²) >= 11 is 3.38. The van der Waals surface area contributed by atoms with Gasteiger partial charge in [-0.25, -0.2) is 8.42 Å². The van der Waals surface area contributed by atoms with Gasteiger partial charge in [0, 0.05) is 17.1 Å². The molecular formula is C29H32BrN3O4S. The van der Waals surface area contributed by atoms with Crippen LogP contribution in [0.3, 0.4) is 0 Å². The van der Waals surface area contributed by atoms with Crippen molar-refractivity contribution in [1.29, 1.82) is 0 Å². The molecule has 9 heteroatoms. The van der Waals surface area contributed by atoms with Crippen molar-refractivity contribution in [3.63, 3.8) is 0 Å². The third kappa shape index (κ3) is 6.82. The first-order valence-corrected chi connectivity index (χ1v) is 15.0. The fourth-order valence-electron chi connectivity index (χ4n) is 4.61. The summed E-state index contributed by atoms with van der Waals surface area (Å²) < 4.78 is 29.4. The van der Waals surface area contributed by atoms with Crippen molar-refractivity contribution in [2.24, 2.45) is 0 Å². The largest absolute Gasteiger partial charge is 0.352 e. The number of benzene rings is 3. The maximum Gasteiger partial charge on any atom is 0.264 e. The predicted molar refractivity (Wildman–Crippen MR) is 152 cm³/mol. The van der Waals surface area contributed by atoms with E-state index in [2.05, 4.69) is 21.2 Å². The van der Waals surface area contributed by atoms with Crippen molar-refractivity contribution >= 4 is 43.5 Å². The topological polar surface area (TPSA) is 86.8 Å². The van der Waals surface area contributed by atoms with E-state index in [9.17, 15) is 18.0 Å². The summed E-state index contributed by atoms with van der Waals surface area (Å²) in [6, 6.07) is 23.5. The van der Waals surface area contributed by atoms with Gasteiger partial charge in [0.05, 0.1) is 10.6 Å². The molecule has 0 heterocycles. The highest BCUT2D eigenvalue weighted by atomic mass is 79.9. The zero-order valence-electron chi connectivity index (χ0n) is 21.3. The van der Waals surface area contributed by atoms with Gasteiger partial charge in [-0.05, 0) is 61.7 Å². The van der Waals surface area contributed by atoms with Gasteiger partial charge in [-0.1, -0.05) is 77.3 Å². The molecule has 0 aromatic heterocycles. The molecule has 0 unspecified atom stereocenters. The Kier molecular flexibility index (Phi) is 9.22. The SMILES string of the molecule is C[C@H](C(=O)NC1CCCC1)N(Cc1ccccc1)C(=O)CN(c1ccc(Br)cc1)S(=O)(=O)c1ccccc1. The summed E-state index contributed by atoms with van der Waals surface area (Å²) in [5.41, 5.74) is 1.20. The zero-order chi connectivity index (χ0) is 27.1. The first-order valence-electron chi connectivity index (χ1n) is 12.7. The van der Waals surface area contributed by atoms with Crippen LogP contribution in [0.15, 0.2) is 94.3 Å². The Morgan fingerprint density at radius 3 is 2.11 bits per heavy atom. The second-order valence-electron chi connectivity index (χ2n) is 9.47. The summed E-state index contributed by atoms with van der Waals surface area (Å²) in [6.07, 6.45) is 4.01. The fourth-order valence-corrected chi connectivity index (χ4v) is 6.31. The van der Waals surface area contributed by atoms with E-state index >= 15 is 0 Å². The van der Waals surface area contributed by atoms with E-state index in [1.165, 1.54) is 17.0 Å². The summed E-state index contributed by atoms with van der Waals surface area (Å²) in [6.45, 7) is 1.42. The fraction of sp³-hybridized carbons (Fsp3) is 0.310. The summed E-state index contributed by atoms with van der Waals surface area (Å²) in [7, 11) is -4.06. The van der Waals surface area contributed by atoms with E-state index in [0.29, 0.717) is 5.69 Å². The monoisotopic (exact) mass is 597 g/mol. The van der Waals surface area contributed by atoms with Gasteiger partial charge in [-0.3, -0.25) is 13.9 Å². The molecule has 0 aliphatic heterocycles. The van der Waals surface area contributed by atoms with Gasteiger partial charge < -0.3 is 10.2 Å². The highest BCUT2D eigenvalue weighted by Gasteiger charge is 2.33. The number of nitrogens with zero attached hydrogens (tertiary/aromatic N) is 2. The minimum absolute atomic E-state index is 0.0809. The van der Waals surface area contributed by atoms with Gasteiger partial charge in [-0.15, -0.1) is 0 Å². The second-order valence-corrected chi connectivity index (χ2v) is 12.3. The maximum atomic E-state index is 13.9. The molecule has 1 atom stereocenters.